The molecule has 6 heteroatoms. The third-order valence-electron chi connectivity index (χ3n) is 8.38. The molecule has 0 spiro atoms. The number of aldehydes is 2. The van der Waals surface area contributed by atoms with Crippen molar-refractivity contribution in [3.05, 3.63) is 69.8 Å². The molecule has 0 fully saturated rings. The molecule has 0 N–H and O–H groups in total. The van der Waals surface area contributed by atoms with Gasteiger partial charge in [0.1, 0.15) is 36.2 Å². The first-order chi connectivity index (χ1) is 20.7. The van der Waals surface area contributed by atoms with E-state index in [0.29, 0.717) is 50.0 Å². The van der Waals surface area contributed by atoms with Crippen LogP contribution in [-0.2, 0) is 35.3 Å². The fourth-order valence-electron chi connectivity index (χ4n) is 6.33. The van der Waals surface area contributed by atoms with E-state index < -0.39 is 0 Å². The number of aryl methyl sites for hydroxylation is 2. The number of unbranched alkanes of at least 4 members (excludes halogenated alkanes) is 6. The predicted molar refractivity (Wildman–Crippen MR) is 162 cm³/mol. The number of fused-ring (bicyclic) bond motifs is 7. The summed E-state index contributed by atoms with van der Waals surface area (Å²) in [5, 5.41) is 20.4. The molecule has 0 amide bonds. The molecule has 3 aromatic carbocycles. The van der Waals surface area contributed by atoms with Gasteiger partial charge >= 0.3 is 0 Å². The number of hydrogen-bond donors (Lipinski definition) is 0. The zero-order valence-electron chi connectivity index (χ0n) is 24.0. The summed E-state index contributed by atoms with van der Waals surface area (Å²) in [6.45, 7) is 1.23. The Morgan fingerprint density at radius 3 is 1.48 bits per heavy atom. The molecule has 0 saturated carbocycles. The van der Waals surface area contributed by atoms with Gasteiger partial charge in [-0.2, -0.15) is 10.5 Å². The fourth-order valence-corrected chi connectivity index (χ4v) is 6.33. The summed E-state index contributed by atoms with van der Waals surface area (Å²) in [6.07, 6.45) is 11.6. The van der Waals surface area contributed by atoms with Crippen LogP contribution in [0.5, 0.6) is 11.5 Å². The highest BCUT2D eigenvalue weighted by atomic mass is 16.5. The Labute approximate surface area is 247 Å². The molecule has 0 unspecified atom stereocenters. The average molecular weight is 561 g/mol. The highest BCUT2D eigenvalue weighted by molar-refractivity contribution is 5.95. The minimum atomic E-state index is 0.519. The minimum absolute atomic E-state index is 0.519. The second-order valence-corrected chi connectivity index (χ2v) is 11.0. The van der Waals surface area contributed by atoms with Gasteiger partial charge in [0.05, 0.1) is 24.3 Å². The average Bonchev–Trinajstić information content (AvgIpc) is 3.02. The largest absolute Gasteiger partial charge is 0.494 e. The molecule has 42 heavy (non-hydrogen) atoms. The summed E-state index contributed by atoms with van der Waals surface area (Å²) < 4.78 is 12.1. The molecular formula is C36H36N2O4. The number of benzene rings is 3. The first kappa shape index (κ1) is 29.1. The topological polar surface area (TPSA) is 100 Å². The minimum Gasteiger partial charge on any atom is -0.494 e. The number of carbonyl (C=O) groups excluding carboxylic acids is 2. The summed E-state index contributed by atoms with van der Waals surface area (Å²) in [5.41, 5.74) is 9.72. The van der Waals surface area contributed by atoms with Crippen LogP contribution >= 0.6 is 0 Å². The van der Waals surface area contributed by atoms with Gasteiger partial charge in [-0.1, -0.05) is 12.1 Å². The molecule has 0 heterocycles. The van der Waals surface area contributed by atoms with Crippen molar-refractivity contribution in [2.75, 3.05) is 13.2 Å². The smallest absolute Gasteiger partial charge is 0.119 e. The number of nitrogens with zero attached hydrogens (tertiary/aromatic N) is 2. The molecule has 6 nitrogen and oxygen atoms in total. The van der Waals surface area contributed by atoms with E-state index in [1.807, 2.05) is 12.1 Å². The molecule has 0 bridgehead atoms. The second-order valence-electron chi connectivity index (χ2n) is 11.0. The van der Waals surface area contributed by atoms with E-state index in [-0.39, 0.29) is 0 Å². The summed E-state index contributed by atoms with van der Waals surface area (Å²) in [6, 6.07) is 17.2. The number of rotatable bonds is 14. The van der Waals surface area contributed by atoms with E-state index >= 15 is 0 Å². The van der Waals surface area contributed by atoms with Crippen LogP contribution in [0.15, 0.2) is 36.4 Å². The van der Waals surface area contributed by atoms with E-state index in [9.17, 15) is 20.1 Å². The second kappa shape index (κ2) is 14.0. The Morgan fingerprint density at radius 2 is 1.07 bits per heavy atom. The Kier molecular flexibility index (Phi) is 9.67. The third-order valence-corrected chi connectivity index (χ3v) is 8.38. The van der Waals surface area contributed by atoms with Crippen molar-refractivity contribution in [2.45, 2.75) is 77.0 Å². The van der Waals surface area contributed by atoms with Gasteiger partial charge in [0.2, 0.25) is 0 Å². The van der Waals surface area contributed by atoms with Crippen LogP contribution in [0.1, 0.15) is 84.7 Å². The fraction of sp³-hybridized carbons (Fsp3) is 0.389. The Bertz CT molecular complexity index is 1440. The molecule has 5 rings (SSSR count). The lowest BCUT2D eigenvalue weighted by Gasteiger charge is -2.31. The van der Waals surface area contributed by atoms with E-state index in [2.05, 4.69) is 36.4 Å². The van der Waals surface area contributed by atoms with Gasteiger partial charge in [0, 0.05) is 12.8 Å². The lowest BCUT2D eigenvalue weighted by molar-refractivity contribution is -0.108. The maximum absolute atomic E-state index is 10.5. The summed E-state index contributed by atoms with van der Waals surface area (Å²) in [4.78, 5) is 21.1. The first-order valence-electron chi connectivity index (χ1n) is 15.1. The summed E-state index contributed by atoms with van der Waals surface area (Å²) >= 11 is 0. The number of nitriles is 2. The van der Waals surface area contributed by atoms with Gasteiger partial charge in [-0.25, -0.2) is 0 Å². The maximum atomic E-state index is 10.5. The van der Waals surface area contributed by atoms with Crippen LogP contribution in [0.2, 0.25) is 0 Å². The standard InChI is InChI=1S/C36H36N2O4/c37-23-33-31-13-9-25-21-27(41-19-7-3-1-5-17-39)11-15-29(25)35(31)36-30-16-12-28(42-20-8-4-2-6-18-40)22-26(30)10-14-32(36)34(33)24-38/h11-12,15-18,21-22H,1-10,13-14,19-20H2. The molecule has 0 saturated heterocycles. The van der Waals surface area contributed by atoms with Crippen molar-refractivity contribution >= 4 is 12.6 Å². The lowest BCUT2D eigenvalue weighted by Crippen LogP contribution is -2.16. The Balaban J connectivity index is 1.47. The molecule has 3 aromatic rings. The van der Waals surface area contributed by atoms with Gasteiger partial charge in [-0.3, -0.25) is 0 Å². The predicted octanol–water partition coefficient (Wildman–Crippen LogP) is 7.24. The van der Waals surface area contributed by atoms with Crippen LogP contribution in [0.25, 0.3) is 22.3 Å². The van der Waals surface area contributed by atoms with Crippen molar-refractivity contribution < 1.29 is 19.1 Å². The van der Waals surface area contributed by atoms with Crippen molar-refractivity contribution in [2.24, 2.45) is 0 Å². The zero-order chi connectivity index (χ0) is 29.3. The molecule has 214 valence electrons. The zero-order valence-corrected chi connectivity index (χ0v) is 24.0. The number of carbonyl (C=O) groups is 2. The Morgan fingerprint density at radius 1 is 0.619 bits per heavy atom. The number of ether oxygens (including phenoxy) is 2. The van der Waals surface area contributed by atoms with Crippen molar-refractivity contribution in [1.82, 2.24) is 0 Å². The SMILES string of the molecule is N#Cc1c(C#N)c2c(c3c1CCc1cc(OCCCCCC=O)ccc1-3)-c1ccc(OCCCCCC=O)cc1CC2. The highest BCUT2D eigenvalue weighted by Gasteiger charge is 2.32. The highest BCUT2D eigenvalue weighted by Crippen LogP contribution is 2.49. The molecule has 2 aliphatic carbocycles. The summed E-state index contributed by atoms with van der Waals surface area (Å²) in [5.74, 6) is 1.67. The van der Waals surface area contributed by atoms with Gasteiger partial charge in [-0.05, 0) is 133 Å². The van der Waals surface area contributed by atoms with Crippen molar-refractivity contribution in [1.29, 1.82) is 10.5 Å². The molecule has 0 aliphatic heterocycles. The van der Waals surface area contributed by atoms with E-state index in [1.54, 1.807) is 0 Å². The van der Waals surface area contributed by atoms with Crippen molar-refractivity contribution in [3.63, 3.8) is 0 Å². The van der Waals surface area contributed by atoms with Gasteiger partial charge in [0.25, 0.3) is 0 Å². The van der Waals surface area contributed by atoms with Crippen LogP contribution in [-0.4, -0.2) is 25.8 Å². The molecule has 0 atom stereocenters. The maximum Gasteiger partial charge on any atom is 0.119 e. The van der Waals surface area contributed by atoms with Gasteiger partial charge < -0.3 is 19.1 Å². The van der Waals surface area contributed by atoms with Crippen molar-refractivity contribution in [3.8, 4) is 45.9 Å². The third kappa shape index (κ3) is 6.09. The summed E-state index contributed by atoms with van der Waals surface area (Å²) in [7, 11) is 0. The lowest BCUT2D eigenvalue weighted by atomic mass is 9.72. The van der Waals surface area contributed by atoms with Gasteiger partial charge in [-0.15, -0.1) is 0 Å². The molecular weight excluding hydrogens is 524 g/mol. The molecule has 0 radical (unpaired) electrons. The van der Waals surface area contributed by atoms with Gasteiger partial charge in [0.15, 0.2) is 0 Å². The van der Waals surface area contributed by atoms with Crippen LogP contribution < -0.4 is 9.47 Å². The Hall–Kier alpha value is -4.42. The molecule has 2 aliphatic rings. The number of hydrogen-bond acceptors (Lipinski definition) is 6. The van der Waals surface area contributed by atoms with E-state index in [0.717, 1.165) is 109 Å². The van der Waals surface area contributed by atoms with Crippen LogP contribution in [0.4, 0.5) is 0 Å². The monoisotopic (exact) mass is 560 g/mol. The van der Waals surface area contributed by atoms with E-state index in [1.165, 1.54) is 11.1 Å². The first-order valence-corrected chi connectivity index (χ1v) is 15.1. The quantitative estimate of drug-likeness (QED) is 0.152. The normalized spacial score (nSPS) is 12.5. The molecule has 0 aromatic heterocycles. The van der Waals surface area contributed by atoms with Crippen LogP contribution in [0, 0.1) is 22.7 Å². The van der Waals surface area contributed by atoms with E-state index in [4.69, 9.17) is 9.47 Å². The van der Waals surface area contributed by atoms with Crippen LogP contribution in [0.3, 0.4) is 0 Å².